The fourth-order valence-corrected chi connectivity index (χ4v) is 4.38. The molecule has 12 nitrogen and oxygen atoms in total. The van der Waals surface area contributed by atoms with Gasteiger partial charge in [0.25, 0.3) is 0 Å². The maximum absolute atomic E-state index is 12.2. The van der Waals surface area contributed by atoms with Gasteiger partial charge in [-0.3, -0.25) is 0 Å². The van der Waals surface area contributed by atoms with Crippen molar-refractivity contribution in [3.63, 3.8) is 0 Å². The van der Waals surface area contributed by atoms with Gasteiger partial charge in [0.15, 0.2) is 0 Å². The summed E-state index contributed by atoms with van der Waals surface area (Å²) in [5.74, 6) is -3.68. The molecule has 1 aromatic carbocycles. The van der Waals surface area contributed by atoms with E-state index < -0.39 is 67.0 Å². The average Bonchev–Trinajstić information content (AvgIpc) is 3.08. The van der Waals surface area contributed by atoms with Crippen molar-refractivity contribution >= 4 is 56.3 Å². The molecule has 0 saturated heterocycles. The number of nitrogens with zero attached hydrogens (tertiary/aromatic N) is 2. The second kappa shape index (κ2) is 13.2. The van der Waals surface area contributed by atoms with Crippen molar-refractivity contribution in [2.75, 3.05) is 11.5 Å². The Morgan fingerprint density at radius 2 is 1.43 bits per heavy atom. The van der Waals surface area contributed by atoms with Crippen LogP contribution in [0.25, 0.3) is 0 Å². The average molecular weight is 584 g/mol. The maximum atomic E-state index is 12.2. The third-order valence-corrected chi connectivity index (χ3v) is 5.64. The van der Waals surface area contributed by atoms with Crippen LogP contribution in [0.2, 0.25) is 0 Å². The van der Waals surface area contributed by atoms with Gasteiger partial charge in [-0.1, -0.05) is 0 Å². The third kappa shape index (κ3) is 8.57. The van der Waals surface area contributed by atoms with Gasteiger partial charge in [-0.2, -0.15) is 0 Å². The van der Waals surface area contributed by atoms with Crippen LogP contribution >= 0.6 is 0 Å². The summed E-state index contributed by atoms with van der Waals surface area (Å²) in [6.45, 7) is 7.09. The number of ether oxygens (including phenoxy) is 5. The van der Waals surface area contributed by atoms with Crippen LogP contribution in [0, 0.1) is 6.92 Å². The number of aryl methyl sites for hydroxylation is 1. The van der Waals surface area contributed by atoms with E-state index in [0.29, 0.717) is 10.4 Å². The molecule has 201 valence electrons. The Kier molecular flexibility index (Phi) is 10.6. The van der Waals surface area contributed by atoms with Gasteiger partial charge in [0.2, 0.25) is 0 Å². The summed E-state index contributed by atoms with van der Waals surface area (Å²) in [5.41, 5.74) is 1.60. The van der Waals surface area contributed by atoms with Crippen LogP contribution in [-0.4, -0.2) is 87.8 Å². The van der Waals surface area contributed by atoms with E-state index in [0.717, 1.165) is 33.3 Å². The Morgan fingerprint density at radius 1 is 0.865 bits per heavy atom. The van der Waals surface area contributed by atoms with E-state index in [1.165, 1.54) is 6.92 Å². The minimum atomic E-state index is -1.48. The van der Waals surface area contributed by atoms with Crippen LogP contribution in [-0.2, 0) is 47.7 Å². The molecule has 0 amide bonds. The van der Waals surface area contributed by atoms with E-state index in [1.807, 2.05) is 19.1 Å². The van der Waals surface area contributed by atoms with Crippen LogP contribution in [0.1, 0.15) is 40.2 Å². The number of carbonyl (C=O) groups excluding carboxylic acids is 5. The molecule has 1 aliphatic rings. The Morgan fingerprint density at radius 3 is 1.92 bits per heavy atom. The predicted molar refractivity (Wildman–Crippen MR) is 129 cm³/mol. The molecule has 1 aromatic rings. The first-order valence-electron chi connectivity index (χ1n) is 11.2. The summed E-state index contributed by atoms with van der Waals surface area (Å²) >= 11 is 2.81. The Labute approximate surface area is 222 Å². The Hall–Kier alpha value is -3.44. The second-order valence-electron chi connectivity index (χ2n) is 8.21. The fraction of sp³-hybridized carbons (Fsp3) is 0.500. The SMILES string of the molecule is CC(=O)OC[C@@H](OC(C)=O)[C@@H](OC(C)=O)[C@H](OC(C)=O)[C@H]1N=C([Se])N(c2ccc(C)cc2)[C@@H]1OC(C)=O. The number of anilines is 1. The van der Waals surface area contributed by atoms with Crippen molar-refractivity contribution in [1.82, 2.24) is 0 Å². The van der Waals surface area contributed by atoms with Crippen molar-refractivity contribution in [3.05, 3.63) is 29.8 Å². The van der Waals surface area contributed by atoms with Crippen molar-refractivity contribution in [2.45, 2.75) is 72.1 Å². The molecule has 0 spiro atoms. The molecule has 0 fully saturated rings. The molecule has 1 aliphatic heterocycles. The molecule has 37 heavy (non-hydrogen) atoms. The van der Waals surface area contributed by atoms with Crippen LogP contribution in [0.3, 0.4) is 0 Å². The van der Waals surface area contributed by atoms with E-state index in [-0.39, 0.29) is 0 Å². The number of amidine groups is 1. The summed E-state index contributed by atoms with van der Waals surface area (Å²) < 4.78 is 27.2. The van der Waals surface area contributed by atoms with Crippen molar-refractivity contribution in [3.8, 4) is 0 Å². The van der Waals surface area contributed by atoms with E-state index >= 15 is 0 Å². The topological polar surface area (TPSA) is 147 Å². The number of hydrogen-bond donors (Lipinski definition) is 0. The van der Waals surface area contributed by atoms with Crippen LogP contribution in [0.4, 0.5) is 5.69 Å². The molecule has 0 aromatic heterocycles. The number of aliphatic imine (C=N–C) groups is 1. The summed E-state index contributed by atoms with van der Waals surface area (Å²) in [6.07, 6.45) is -5.43. The second-order valence-corrected chi connectivity index (χ2v) is 8.97. The Balaban J connectivity index is 2.62. The van der Waals surface area contributed by atoms with Gasteiger partial charge in [0, 0.05) is 0 Å². The monoisotopic (exact) mass is 585 g/mol. The van der Waals surface area contributed by atoms with Gasteiger partial charge >= 0.3 is 222 Å². The standard InChI is InChI=1S/C24H29N2O10Se/c1-12-7-9-18(10-8-12)26-23(36-17(6)31)20(25-24(26)37)22(35-16(5)30)21(34-15(4)29)19(33-14(3)28)11-32-13(2)27/h7-10,19-23H,11H2,1-6H3/t19-,20-,21-,22-,23-/m1/s1. The molecule has 1 heterocycles. The van der Waals surface area contributed by atoms with E-state index in [1.54, 1.807) is 17.0 Å². The number of rotatable bonds is 10. The molecular formula is C24H29N2O10Se. The summed E-state index contributed by atoms with van der Waals surface area (Å²) in [4.78, 5) is 65.8. The molecular weight excluding hydrogens is 555 g/mol. The minimum absolute atomic E-state index is 0.294. The fourth-order valence-electron chi connectivity index (χ4n) is 3.68. The van der Waals surface area contributed by atoms with Crippen molar-refractivity contribution in [2.24, 2.45) is 4.99 Å². The zero-order valence-corrected chi connectivity index (χ0v) is 23.0. The van der Waals surface area contributed by atoms with Crippen LogP contribution in [0.15, 0.2) is 29.3 Å². The van der Waals surface area contributed by atoms with Crippen molar-refractivity contribution in [1.29, 1.82) is 0 Å². The molecule has 0 bridgehead atoms. The number of benzene rings is 1. The quantitative estimate of drug-likeness (QED) is 0.220. The zero-order valence-electron chi connectivity index (χ0n) is 21.3. The molecule has 2 rings (SSSR count). The van der Waals surface area contributed by atoms with E-state index in [2.05, 4.69) is 21.0 Å². The molecule has 0 N–H and O–H groups in total. The number of esters is 5. The van der Waals surface area contributed by atoms with Gasteiger partial charge in [-0.05, 0) is 0 Å². The van der Waals surface area contributed by atoms with Gasteiger partial charge in [-0.15, -0.1) is 0 Å². The number of hydrogen-bond acceptors (Lipinski definition) is 12. The molecule has 13 heteroatoms. The van der Waals surface area contributed by atoms with Crippen LogP contribution in [0.5, 0.6) is 0 Å². The summed E-state index contributed by atoms with van der Waals surface area (Å²) in [6, 6.07) is 6.12. The van der Waals surface area contributed by atoms with Gasteiger partial charge in [0.05, 0.1) is 0 Å². The first-order chi connectivity index (χ1) is 17.3. The Bertz CT molecular complexity index is 1060. The normalized spacial score (nSPS) is 19.1. The van der Waals surface area contributed by atoms with Gasteiger partial charge in [0.1, 0.15) is 0 Å². The molecule has 1 radical (unpaired) electrons. The van der Waals surface area contributed by atoms with Crippen LogP contribution < -0.4 is 4.90 Å². The molecule has 0 unspecified atom stereocenters. The first kappa shape index (κ1) is 29.8. The molecule has 5 atom stereocenters. The predicted octanol–water partition coefficient (Wildman–Crippen LogP) is 0.956. The van der Waals surface area contributed by atoms with E-state index in [4.69, 9.17) is 23.7 Å². The molecule has 0 aliphatic carbocycles. The van der Waals surface area contributed by atoms with E-state index in [9.17, 15) is 24.0 Å². The first-order valence-corrected chi connectivity index (χ1v) is 12.1. The number of carbonyl (C=O) groups is 5. The zero-order chi connectivity index (χ0) is 27.9. The third-order valence-electron chi connectivity index (χ3n) is 5.01. The summed E-state index contributed by atoms with van der Waals surface area (Å²) in [5, 5.41) is 0. The molecule has 0 saturated carbocycles. The van der Waals surface area contributed by atoms with Crippen molar-refractivity contribution < 1.29 is 47.7 Å². The summed E-state index contributed by atoms with van der Waals surface area (Å²) in [7, 11) is 0. The van der Waals surface area contributed by atoms with Gasteiger partial charge < -0.3 is 0 Å². The van der Waals surface area contributed by atoms with Gasteiger partial charge in [-0.25, -0.2) is 0 Å².